The molecule has 1 saturated heterocycles. The highest BCUT2D eigenvalue weighted by molar-refractivity contribution is 7.89. The summed E-state index contributed by atoms with van der Waals surface area (Å²) in [4.78, 5) is 26.8. The summed E-state index contributed by atoms with van der Waals surface area (Å²) in [7, 11) is -4.72. The Balaban J connectivity index is 1.72. The van der Waals surface area contributed by atoms with E-state index >= 15 is 0 Å². The first-order chi connectivity index (χ1) is 19.5. The first kappa shape index (κ1) is 32.2. The zero-order valence-electron chi connectivity index (χ0n) is 22.1. The maximum Gasteiger partial charge on any atom is 0.413 e. The Labute approximate surface area is 241 Å². The van der Waals surface area contributed by atoms with Crippen LogP contribution in [0, 0.1) is 11.6 Å². The van der Waals surface area contributed by atoms with Crippen LogP contribution in [0.25, 0.3) is 0 Å². The van der Waals surface area contributed by atoms with E-state index in [1.807, 2.05) is 0 Å². The lowest BCUT2D eigenvalue weighted by Crippen LogP contribution is -2.44. The van der Waals surface area contributed by atoms with Crippen molar-refractivity contribution in [3.63, 3.8) is 0 Å². The molecule has 0 spiro atoms. The Morgan fingerprint density at radius 1 is 1.10 bits per heavy atom. The van der Waals surface area contributed by atoms with Gasteiger partial charge in [-0.2, -0.15) is 4.31 Å². The number of hydroxylamine groups is 1. The molecule has 2 N–H and O–H groups in total. The van der Waals surface area contributed by atoms with Gasteiger partial charge in [0.05, 0.1) is 11.4 Å². The van der Waals surface area contributed by atoms with Gasteiger partial charge in [0.2, 0.25) is 10.0 Å². The van der Waals surface area contributed by atoms with Crippen LogP contribution in [0.2, 0.25) is 5.02 Å². The number of piperidine rings is 1. The van der Waals surface area contributed by atoms with Gasteiger partial charge in [-0.15, -0.1) is 0 Å². The van der Waals surface area contributed by atoms with E-state index in [2.05, 4.69) is 11.5 Å². The third-order valence-corrected chi connectivity index (χ3v) is 8.29. The molecule has 0 bridgehead atoms. The molecule has 2 aromatic carbocycles. The molecule has 0 aliphatic carbocycles. The molecule has 2 amide bonds. The Bertz CT molecular complexity index is 1300. The number of benzene rings is 2. The zero-order chi connectivity index (χ0) is 30.0. The number of nitrogens with one attached hydrogen (secondary N) is 1. The van der Waals surface area contributed by atoms with Crippen LogP contribution in [0.1, 0.15) is 19.3 Å². The predicted octanol–water partition coefficient (Wildman–Crippen LogP) is 3.97. The van der Waals surface area contributed by atoms with Gasteiger partial charge in [0, 0.05) is 30.9 Å². The van der Waals surface area contributed by atoms with Gasteiger partial charge < -0.3 is 9.47 Å². The number of sulfonamides is 1. The first-order valence-electron chi connectivity index (χ1n) is 12.7. The standard InChI is InChI=1S/C26H31ClF2N4O7S/c1-2-32(26(35)39-15-14-31-10-4-3-5-11-31)12-13-33(18-24(34)30-36)41(37,38)21-16-22(28)25(23(29)17-21)40-20-8-6-19(27)7-9-20/h2,6-9,16-17,36H,1,3-5,10-15,18H2,(H,30,34). The second-order valence-electron chi connectivity index (χ2n) is 9.04. The average molecular weight is 617 g/mol. The van der Waals surface area contributed by atoms with Crippen LogP contribution in [0.5, 0.6) is 11.5 Å². The fourth-order valence-corrected chi connectivity index (χ4v) is 5.57. The average Bonchev–Trinajstić information content (AvgIpc) is 2.95. The van der Waals surface area contributed by atoms with Crippen LogP contribution < -0.4 is 10.2 Å². The van der Waals surface area contributed by atoms with E-state index < -0.39 is 57.4 Å². The lowest BCUT2D eigenvalue weighted by atomic mass is 10.1. The second-order valence-corrected chi connectivity index (χ2v) is 11.4. The number of hydrogen-bond donors (Lipinski definition) is 2. The Morgan fingerprint density at radius 3 is 2.32 bits per heavy atom. The topological polar surface area (TPSA) is 129 Å². The largest absolute Gasteiger partial charge is 0.451 e. The number of nitrogens with zero attached hydrogens (tertiary/aromatic N) is 3. The highest BCUT2D eigenvalue weighted by Crippen LogP contribution is 2.31. The van der Waals surface area contributed by atoms with Gasteiger partial charge in [-0.1, -0.05) is 24.6 Å². The third-order valence-electron chi connectivity index (χ3n) is 6.21. The van der Waals surface area contributed by atoms with Crippen molar-refractivity contribution >= 4 is 33.6 Å². The van der Waals surface area contributed by atoms with E-state index in [9.17, 15) is 26.8 Å². The molecule has 1 fully saturated rings. The Kier molecular flexibility index (Phi) is 11.8. The van der Waals surface area contributed by atoms with Crippen LogP contribution >= 0.6 is 11.6 Å². The molecule has 2 aromatic rings. The molecule has 1 heterocycles. The molecule has 11 nitrogen and oxygen atoms in total. The van der Waals surface area contributed by atoms with Gasteiger partial charge in [0.15, 0.2) is 17.4 Å². The quantitative estimate of drug-likeness (QED) is 0.256. The molecule has 0 unspecified atom stereocenters. The second kappa shape index (κ2) is 15.1. The summed E-state index contributed by atoms with van der Waals surface area (Å²) in [5, 5.41) is 9.32. The fraction of sp³-hybridized carbons (Fsp3) is 0.385. The van der Waals surface area contributed by atoms with Gasteiger partial charge in [0.25, 0.3) is 5.91 Å². The summed E-state index contributed by atoms with van der Waals surface area (Å²) in [5.74, 6) is -4.57. The normalized spacial score (nSPS) is 14.0. The van der Waals surface area contributed by atoms with Gasteiger partial charge in [0.1, 0.15) is 12.4 Å². The third kappa shape index (κ3) is 9.10. The number of carbonyl (C=O) groups excluding carboxylic acids is 2. The molecule has 1 aliphatic heterocycles. The highest BCUT2D eigenvalue weighted by atomic mass is 35.5. The minimum Gasteiger partial charge on any atom is -0.451 e. The van der Waals surface area contributed by atoms with Crippen molar-refractivity contribution in [3.8, 4) is 11.5 Å². The highest BCUT2D eigenvalue weighted by Gasteiger charge is 2.30. The molecule has 1 aliphatic rings. The van der Waals surface area contributed by atoms with Crippen LogP contribution in [-0.4, -0.2) is 85.6 Å². The summed E-state index contributed by atoms with van der Waals surface area (Å²) in [6.07, 6.45) is 3.65. The fourth-order valence-electron chi connectivity index (χ4n) is 4.04. The Hall–Kier alpha value is -3.30. The van der Waals surface area contributed by atoms with Gasteiger partial charge in [-0.05, 0) is 62.3 Å². The van der Waals surface area contributed by atoms with Gasteiger partial charge in [-0.3, -0.25) is 19.8 Å². The smallest absolute Gasteiger partial charge is 0.413 e. The number of halogens is 3. The van der Waals surface area contributed by atoms with Crippen LogP contribution in [-0.2, 0) is 19.6 Å². The van der Waals surface area contributed by atoms with Crippen LogP contribution in [0.15, 0.2) is 54.1 Å². The molecule has 0 saturated carbocycles. The summed E-state index contributed by atoms with van der Waals surface area (Å²) in [6, 6.07) is 6.68. The maximum atomic E-state index is 14.8. The SMILES string of the molecule is C=CN(CCN(CC(=O)NO)S(=O)(=O)c1cc(F)c(Oc2ccc(Cl)cc2)c(F)c1)C(=O)OCCN1CCCCC1. The van der Waals surface area contributed by atoms with E-state index in [1.54, 1.807) is 0 Å². The van der Waals surface area contributed by atoms with Gasteiger partial charge in [-0.25, -0.2) is 27.5 Å². The number of carbonyl (C=O) groups is 2. The monoisotopic (exact) mass is 616 g/mol. The lowest BCUT2D eigenvalue weighted by Gasteiger charge is -2.27. The number of likely N-dealkylation sites (tertiary alicyclic amines) is 1. The summed E-state index contributed by atoms with van der Waals surface area (Å²) < 4.78 is 67.4. The molecule has 0 radical (unpaired) electrons. The predicted molar refractivity (Wildman–Crippen MR) is 145 cm³/mol. The van der Waals surface area contributed by atoms with Crippen molar-refractivity contribution < 1.29 is 41.5 Å². The number of rotatable bonds is 13. The van der Waals surface area contributed by atoms with Crippen molar-refractivity contribution in [2.24, 2.45) is 0 Å². The molecule has 0 aromatic heterocycles. The number of hydrogen-bond acceptors (Lipinski definition) is 8. The number of ether oxygens (including phenoxy) is 2. The summed E-state index contributed by atoms with van der Waals surface area (Å²) >= 11 is 5.79. The van der Waals surface area contributed by atoms with E-state index in [1.165, 1.54) is 29.7 Å². The van der Waals surface area contributed by atoms with E-state index in [-0.39, 0.29) is 18.9 Å². The van der Waals surface area contributed by atoms with Crippen molar-refractivity contribution in [2.75, 3.05) is 45.9 Å². The lowest BCUT2D eigenvalue weighted by molar-refractivity contribution is -0.129. The molecule has 0 atom stereocenters. The first-order valence-corrected chi connectivity index (χ1v) is 14.5. The van der Waals surface area contributed by atoms with E-state index in [0.29, 0.717) is 28.0 Å². The zero-order valence-corrected chi connectivity index (χ0v) is 23.7. The van der Waals surface area contributed by atoms with Gasteiger partial charge >= 0.3 is 6.09 Å². The summed E-state index contributed by atoms with van der Waals surface area (Å²) in [5.41, 5.74) is 1.31. The molecular formula is C26H31ClF2N4O7S. The molecule has 3 rings (SSSR count). The van der Waals surface area contributed by atoms with E-state index in [4.69, 9.17) is 26.3 Å². The molecule has 41 heavy (non-hydrogen) atoms. The Morgan fingerprint density at radius 2 is 1.73 bits per heavy atom. The minimum atomic E-state index is -4.72. The molecule has 224 valence electrons. The van der Waals surface area contributed by atoms with Crippen molar-refractivity contribution in [2.45, 2.75) is 24.2 Å². The van der Waals surface area contributed by atoms with Crippen LogP contribution in [0.3, 0.4) is 0 Å². The maximum absolute atomic E-state index is 14.8. The number of amides is 2. The van der Waals surface area contributed by atoms with Crippen LogP contribution in [0.4, 0.5) is 13.6 Å². The summed E-state index contributed by atoms with van der Waals surface area (Å²) in [6.45, 7) is 4.29. The van der Waals surface area contributed by atoms with Crippen molar-refractivity contribution in [3.05, 3.63) is 65.8 Å². The van der Waals surface area contributed by atoms with Crippen molar-refractivity contribution in [1.82, 2.24) is 19.6 Å². The molecule has 15 heteroatoms. The van der Waals surface area contributed by atoms with Crippen molar-refractivity contribution in [1.29, 1.82) is 0 Å². The minimum absolute atomic E-state index is 0.0522. The van der Waals surface area contributed by atoms with E-state index in [0.717, 1.165) is 43.5 Å². The molecular weight excluding hydrogens is 586 g/mol.